The summed E-state index contributed by atoms with van der Waals surface area (Å²) in [6.45, 7) is 3.37. The van der Waals surface area contributed by atoms with Crippen LogP contribution < -0.4 is 5.48 Å². The van der Waals surface area contributed by atoms with E-state index in [0.717, 1.165) is 16.5 Å². The Morgan fingerprint density at radius 3 is 2.75 bits per heavy atom. The van der Waals surface area contributed by atoms with E-state index in [-0.39, 0.29) is 12.2 Å². The highest BCUT2D eigenvalue weighted by Crippen LogP contribution is 2.23. The Hall–Kier alpha value is -4.28. The number of benzene rings is 2. The number of aromatic nitrogens is 5. The number of pyridine rings is 2. The lowest BCUT2D eigenvalue weighted by Crippen LogP contribution is -2.33. The van der Waals surface area contributed by atoms with Gasteiger partial charge in [-0.1, -0.05) is 23.4 Å². The lowest BCUT2D eigenvalue weighted by atomic mass is 10.1. The number of nitrogens with zero attached hydrogens (tertiary/aromatic N) is 5. The van der Waals surface area contributed by atoms with Crippen LogP contribution in [0.15, 0.2) is 66.9 Å². The minimum absolute atomic E-state index is 0.139. The van der Waals surface area contributed by atoms with Gasteiger partial charge in [-0.25, -0.2) is 19.5 Å². The molecule has 36 heavy (non-hydrogen) atoms. The minimum Gasteiger partial charge on any atom is -0.388 e. The predicted molar refractivity (Wildman–Crippen MR) is 131 cm³/mol. The van der Waals surface area contributed by atoms with Gasteiger partial charge in [0.05, 0.1) is 28.9 Å². The van der Waals surface area contributed by atoms with Crippen LogP contribution in [-0.2, 0) is 11.4 Å². The molecule has 0 unspecified atom stereocenters. The van der Waals surface area contributed by atoms with Crippen LogP contribution in [0.2, 0.25) is 0 Å². The molecule has 0 bridgehead atoms. The van der Waals surface area contributed by atoms with Gasteiger partial charge >= 0.3 is 0 Å². The molecule has 0 spiro atoms. The number of hydroxylamine groups is 1. The van der Waals surface area contributed by atoms with Crippen molar-refractivity contribution < 1.29 is 19.1 Å². The van der Waals surface area contributed by atoms with Crippen molar-refractivity contribution in [3.8, 4) is 11.3 Å². The Kier molecular flexibility index (Phi) is 6.13. The van der Waals surface area contributed by atoms with Gasteiger partial charge in [-0.05, 0) is 61.9 Å². The number of hydrogen-bond donors (Lipinski definition) is 2. The van der Waals surface area contributed by atoms with Crippen molar-refractivity contribution in [1.29, 1.82) is 0 Å². The molecule has 0 radical (unpaired) electrons. The molecule has 0 saturated heterocycles. The zero-order valence-electron chi connectivity index (χ0n) is 19.6. The summed E-state index contributed by atoms with van der Waals surface area (Å²) >= 11 is 0. The first-order chi connectivity index (χ1) is 17.3. The SMILES string of the molecule is CC(C)(O)CONC(=O)c1ccc(-c2ccc3nnn(Cc4ccc5ncccc5c4)c3n2)cc1F. The highest BCUT2D eigenvalue weighted by Gasteiger charge is 2.17. The molecule has 0 fully saturated rings. The Morgan fingerprint density at radius 1 is 1.11 bits per heavy atom. The monoisotopic (exact) mass is 486 g/mol. The first kappa shape index (κ1) is 23.5. The van der Waals surface area contributed by atoms with Gasteiger partial charge in [0.2, 0.25) is 0 Å². The Balaban J connectivity index is 1.38. The maximum absolute atomic E-state index is 14.8. The zero-order chi connectivity index (χ0) is 25.3. The molecule has 5 rings (SSSR count). The molecule has 3 aromatic heterocycles. The molecule has 0 atom stereocenters. The van der Waals surface area contributed by atoms with Crippen LogP contribution in [0, 0.1) is 5.82 Å². The van der Waals surface area contributed by atoms with Crippen molar-refractivity contribution in [2.24, 2.45) is 0 Å². The molecule has 2 N–H and O–H groups in total. The van der Waals surface area contributed by atoms with Crippen molar-refractivity contribution in [3.05, 3.63) is 83.8 Å². The van der Waals surface area contributed by atoms with Crippen LogP contribution in [0.25, 0.3) is 33.3 Å². The number of hydrogen-bond acceptors (Lipinski definition) is 7. The molecule has 0 saturated carbocycles. The second-order valence-electron chi connectivity index (χ2n) is 9.04. The highest BCUT2D eigenvalue weighted by molar-refractivity contribution is 5.94. The predicted octanol–water partition coefficient (Wildman–Crippen LogP) is 3.66. The zero-order valence-corrected chi connectivity index (χ0v) is 19.6. The fourth-order valence-electron chi connectivity index (χ4n) is 3.71. The number of rotatable bonds is 7. The van der Waals surface area contributed by atoms with Crippen LogP contribution >= 0.6 is 0 Å². The maximum Gasteiger partial charge on any atom is 0.277 e. The van der Waals surface area contributed by atoms with E-state index < -0.39 is 17.3 Å². The number of carbonyl (C=O) groups excluding carboxylic acids is 1. The smallest absolute Gasteiger partial charge is 0.277 e. The van der Waals surface area contributed by atoms with Gasteiger partial charge in [0.1, 0.15) is 17.9 Å². The normalized spacial score (nSPS) is 11.8. The first-order valence-electron chi connectivity index (χ1n) is 11.3. The number of aliphatic hydroxyl groups is 1. The quantitative estimate of drug-likeness (QED) is 0.337. The molecule has 5 aromatic rings. The first-order valence-corrected chi connectivity index (χ1v) is 11.3. The van der Waals surface area contributed by atoms with Gasteiger partial charge < -0.3 is 5.11 Å². The van der Waals surface area contributed by atoms with Crippen molar-refractivity contribution in [2.45, 2.75) is 26.0 Å². The molecular weight excluding hydrogens is 463 g/mol. The van der Waals surface area contributed by atoms with Gasteiger partial charge in [0, 0.05) is 17.1 Å². The molecule has 182 valence electrons. The summed E-state index contributed by atoms with van der Waals surface area (Å²) < 4.78 is 16.5. The molecular formula is C26H23FN6O3. The molecule has 10 heteroatoms. The summed E-state index contributed by atoms with van der Waals surface area (Å²) in [6, 6.07) is 17.6. The number of fused-ring (bicyclic) bond motifs is 2. The van der Waals surface area contributed by atoms with Crippen LogP contribution in [0.5, 0.6) is 0 Å². The second kappa shape index (κ2) is 9.40. The van der Waals surface area contributed by atoms with Gasteiger partial charge in [0.25, 0.3) is 5.91 Å². The third-order valence-corrected chi connectivity index (χ3v) is 5.46. The minimum atomic E-state index is -1.13. The van der Waals surface area contributed by atoms with Crippen LogP contribution in [-0.4, -0.2) is 48.2 Å². The lowest BCUT2D eigenvalue weighted by Gasteiger charge is -2.16. The summed E-state index contributed by atoms with van der Waals surface area (Å²) in [5.41, 5.74) is 4.92. The van der Waals surface area contributed by atoms with Crippen LogP contribution in [0.4, 0.5) is 4.39 Å². The van der Waals surface area contributed by atoms with Gasteiger partial charge in [-0.3, -0.25) is 14.6 Å². The van der Waals surface area contributed by atoms with Gasteiger partial charge in [-0.2, -0.15) is 0 Å². The fourth-order valence-corrected chi connectivity index (χ4v) is 3.71. The lowest BCUT2D eigenvalue weighted by molar-refractivity contribution is -0.0523. The summed E-state index contributed by atoms with van der Waals surface area (Å²) in [7, 11) is 0. The topological polar surface area (TPSA) is 115 Å². The molecule has 3 heterocycles. The summed E-state index contributed by atoms with van der Waals surface area (Å²) in [6.07, 6.45) is 1.76. The van der Waals surface area contributed by atoms with Crippen molar-refractivity contribution >= 4 is 28.0 Å². The fraction of sp³-hybridized carbons (Fsp3) is 0.192. The third-order valence-electron chi connectivity index (χ3n) is 5.46. The Labute approximate surface area is 205 Å². The highest BCUT2D eigenvalue weighted by atomic mass is 19.1. The molecule has 1 amide bonds. The molecule has 2 aromatic carbocycles. The second-order valence-corrected chi connectivity index (χ2v) is 9.04. The molecule has 0 aliphatic rings. The average molecular weight is 487 g/mol. The van der Waals surface area contributed by atoms with Gasteiger partial charge in [0.15, 0.2) is 5.65 Å². The number of carbonyl (C=O) groups is 1. The molecule has 9 nitrogen and oxygen atoms in total. The van der Waals surface area contributed by atoms with Crippen molar-refractivity contribution in [3.63, 3.8) is 0 Å². The maximum atomic E-state index is 14.8. The summed E-state index contributed by atoms with van der Waals surface area (Å²) in [5, 5.41) is 19.1. The number of nitrogens with one attached hydrogen (secondary N) is 1. The number of amides is 1. The average Bonchev–Trinajstić information content (AvgIpc) is 3.25. The van der Waals surface area contributed by atoms with E-state index in [9.17, 15) is 14.3 Å². The largest absolute Gasteiger partial charge is 0.388 e. The van der Waals surface area contributed by atoms with E-state index in [1.54, 1.807) is 29.1 Å². The summed E-state index contributed by atoms with van der Waals surface area (Å²) in [5.74, 6) is -1.48. The molecule has 0 aliphatic heterocycles. The van der Waals surface area contributed by atoms with Crippen molar-refractivity contribution in [2.75, 3.05) is 6.61 Å². The third kappa shape index (κ3) is 5.04. The number of halogens is 1. The Bertz CT molecular complexity index is 1580. The van der Waals surface area contributed by atoms with Gasteiger partial charge in [-0.15, -0.1) is 5.10 Å². The van der Waals surface area contributed by atoms with Crippen LogP contribution in [0.1, 0.15) is 29.8 Å². The summed E-state index contributed by atoms with van der Waals surface area (Å²) in [4.78, 5) is 26.2. The van der Waals surface area contributed by atoms with E-state index in [0.29, 0.717) is 29.0 Å². The van der Waals surface area contributed by atoms with E-state index in [1.807, 2.05) is 30.3 Å². The van der Waals surface area contributed by atoms with E-state index in [4.69, 9.17) is 4.84 Å². The molecule has 0 aliphatic carbocycles. The van der Waals surface area contributed by atoms with Crippen LogP contribution in [0.3, 0.4) is 0 Å². The Morgan fingerprint density at radius 2 is 1.94 bits per heavy atom. The van der Waals surface area contributed by atoms with Crippen molar-refractivity contribution in [1.82, 2.24) is 30.4 Å². The van der Waals surface area contributed by atoms with E-state index in [2.05, 4.69) is 25.8 Å². The van der Waals surface area contributed by atoms with E-state index >= 15 is 0 Å². The van der Waals surface area contributed by atoms with E-state index in [1.165, 1.54) is 26.0 Å². The standard InChI is InChI=1S/C26H23FN6O3/c1-26(2,35)15-36-31-25(34)19-7-6-18(13-20(19)27)22-9-10-23-24(29-22)33(32-30-23)14-16-5-8-21-17(12-16)4-3-11-28-21/h3-13,35H,14-15H2,1-2H3,(H,31,34).